The van der Waals surface area contributed by atoms with Crippen LogP contribution in [0, 0.1) is 11.3 Å². The fraction of sp³-hybridized carbons (Fsp3) is 0.0667. The number of carboxylic acids is 1. The summed E-state index contributed by atoms with van der Waals surface area (Å²) < 4.78 is 5.65. The van der Waals surface area contributed by atoms with E-state index in [1.807, 2.05) is 18.4 Å². The van der Waals surface area contributed by atoms with E-state index in [0.717, 1.165) is 4.90 Å². The SMILES string of the molecule is CSc1cccc(Oc2ccc(C(=O)O)cc2)c1C#N. The van der Waals surface area contributed by atoms with Crippen LogP contribution in [0.2, 0.25) is 0 Å². The number of nitriles is 1. The second-order valence-electron chi connectivity index (χ2n) is 3.88. The zero-order valence-electron chi connectivity index (χ0n) is 10.7. The van der Waals surface area contributed by atoms with Crippen LogP contribution in [-0.2, 0) is 0 Å². The Morgan fingerprint density at radius 1 is 1.25 bits per heavy atom. The van der Waals surface area contributed by atoms with Gasteiger partial charge in [-0.1, -0.05) is 6.07 Å². The van der Waals surface area contributed by atoms with Crippen molar-refractivity contribution in [1.29, 1.82) is 5.26 Å². The molecule has 1 N–H and O–H groups in total. The van der Waals surface area contributed by atoms with Gasteiger partial charge in [-0.15, -0.1) is 11.8 Å². The Morgan fingerprint density at radius 3 is 2.50 bits per heavy atom. The number of rotatable bonds is 4. The lowest BCUT2D eigenvalue weighted by Gasteiger charge is -2.09. The van der Waals surface area contributed by atoms with Crippen LogP contribution in [0.15, 0.2) is 47.4 Å². The molecule has 0 amide bonds. The predicted molar refractivity (Wildman–Crippen MR) is 76.4 cm³/mol. The smallest absolute Gasteiger partial charge is 0.335 e. The lowest BCUT2D eigenvalue weighted by molar-refractivity contribution is 0.0697. The molecule has 0 saturated heterocycles. The molecule has 2 rings (SSSR count). The molecule has 0 spiro atoms. The van der Waals surface area contributed by atoms with Crippen LogP contribution in [0.1, 0.15) is 15.9 Å². The van der Waals surface area contributed by atoms with E-state index in [2.05, 4.69) is 6.07 Å². The fourth-order valence-electron chi connectivity index (χ4n) is 1.67. The Bertz CT molecular complexity index is 675. The third-order valence-electron chi connectivity index (χ3n) is 2.65. The number of benzene rings is 2. The van der Waals surface area contributed by atoms with Crippen LogP contribution in [-0.4, -0.2) is 17.3 Å². The number of carbonyl (C=O) groups is 1. The van der Waals surface area contributed by atoms with E-state index in [0.29, 0.717) is 17.1 Å². The third-order valence-corrected chi connectivity index (χ3v) is 3.43. The van der Waals surface area contributed by atoms with E-state index in [4.69, 9.17) is 9.84 Å². The summed E-state index contributed by atoms with van der Waals surface area (Å²) in [5.74, 6) is -0.0363. The molecule has 0 atom stereocenters. The predicted octanol–water partition coefficient (Wildman–Crippen LogP) is 3.77. The van der Waals surface area contributed by atoms with Gasteiger partial charge in [0.25, 0.3) is 0 Å². The molecule has 0 saturated carbocycles. The summed E-state index contributed by atoms with van der Waals surface area (Å²) in [4.78, 5) is 11.6. The largest absolute Gasteiger partial charge is 0.478 e. The lowest BCUT2D eigenvalue weighted by Crippen LogP contribution is -1.95. The molecule has 5 heteroatoms. The summed E-state index contributed by atoms with van der Waals surface area (Å²) in [6.07, 6.45) is 1.89. The standard InChI is InChI=1S/C15H11NO3S/c1-20-14-4-2-3-13(12(14)9-16)19-11-7-5-10(6-8-11)15(17)18/h2-8H,1H3,(H,17,18). The normalized spacial score (nSPS) is 9.80. The van der Waals surface area contributed by atoms with Crippen molar-refractivity contribution in [2.24, 2.45) is 0 Å². The van der Waals surface area contributed by atoms with Gasteiger partial charge in [0.2, 0.25) is 0 Å². The van der Waals surface area contributed by atoms with Gasteiger partial charge >= 0.3 is 5.97 Å². The maximum absolute atomic E-state index is 10.8. The number of nitrogens with zero attached hydrogens (tertiary/aromatic N) is 1. The summed E-state index contributed by atoms with van der Waals surface area (Å²) in [5.41, 5.74) is 0.665. The van der Waals surface area contributed by atoms with Crippen molar-refractivity contribution >= 4 is 17.7 Å². The Hall–Kier alpha value is -2.45. The minimum absolute atomic E-state index is 0.190. The van der Waals surface area contributed by atoms with Crippen molar-refractivity contribution in [2.45, 2.75) is 4.90 Å². The van der Waals surface area contributed by atoms with Gasteiger partial charge in [0.15, 0.2) is 0 Å². The highest BCUT2D eigenvalue weighted by Crippen LogP contribution is 2.31. The van der Waals surface area contributed by atoms with E-state index in [-0.39, 0.29) is 5.56 Å². The number of aromatic carboxylic acids is 1. The number of carboxylic acid groups (broad SMARTS) is 1. The highest BCUT2D eigenvalue weighted by Gasteiger charge is 2.10. The van der Waals surface area contributed by atoms with Crippen LogP contribution < -0.4 is 4.74 Å². The first-order valence-electron chi connectivity index (χ1n) is 5.74. The Kier molecular flexibility index (Phi) is 4.28. The van der Waals surface area contributed by atoms with Crippen molar-refractivity contribution in [1.82, 2.24) is 0 Å². The molecule has 100 valence electrons. The zero-order chi connectivity index (χ0) is 14.5. The molecule has 0 aliphatic heterocycles. The van der Waals surface area contributed by atoms with Gasteiger partial charge in [0.05, 0.1) is 5.56 Å². The van der Waals surface area contributed by atoms with E-state index in [1.54, 1.807) is 18.2 Å². The number of thioether (sulfide) groups is 1. The first-order valence-corrected chi connectivity index (χ1v) is 6.96. The first-order chi connectivity index (χ1) is 9.65. The Labute approximate surface area is 120 Å². The fourth-order valence-corrected chi connectivity index (χ4v) is 2.23. The minimum Gasteiger partial charge on any atom is -0.478 e. The van der Waals surface area contributed by atoms with Crippen LogP contribution >= 0.6 is 11.8 Å². The second kappa shape index (κ2) is 6.13. The monoisotopic (exact) mass is 285 g/mol. The molecule has 0 aromatic heterocycles. The maximum atomic E-state index is 10.8. The molecule has 2 aromatic carbocycles. The highest BCUT2D eigenvalue weighted by atomic mass is 32.2. The molecular formula is C15H11NO3S. The minimum atomic E-state index is -0.987. The molecule has 0 aliphatic rings. The van der Waals surface area contributed by atoms with E-state index >= 15 is 0 Å². The first kappa shape index (κ1) is 14.0. The molecule has 0 heterocycles. The van der Waals surface area contributed by atoms with Crippen LogP contribution in [0.4, 0.5) is 0 Å². The molecule has 0 bridgehead atoms. The van der Waals surface area contributed by atoms with Crippen molar-refractivity contribution in [2.75, 3.05) is 6.26 Å². The molecular weight excluding hydrogens is 274 g/mol. The van der Waals surface area contributed by atoms with Crippen molar-refractivity contribution < 1.29 is 14.6 Å². The van der Waals surface area contributed by atoms with Gasteiger partial charge in [0, 0.05) is 4.90 Å². The van der Waals surface area contributed by atoms with E-state index in [1.165, 1.54) is 23.9 Å². The van der Waals surface area contributed by atoms with Crippen LogP contribution in [0.3, 0.4) is 0 Å². The summed E-state index contributed by atoms with van der Waals surface area (Å²) >= 11 is 1.47. The van der Waals surface area contributed by atoms with E-state index in [9.17, 15) is 10.1 Å². The summed E-state index contributed by atoms with van der Waals surface area (Å²) in [7, 11) is 0. The second-order valence-corrected chi connectivity index (χ2v) is 4.72. The molecule has 20 heavy (non-hydrogen) atoms. The highest BCUT2D eigenvalue weighted by molar-refractivity contribution is 7.98. The molecule has 0 fully saturated rings. The summed E-state index contributed by atoms with van der Waals surface area (Å²) in [6.45, 7) is 0. The topological polar surface area (TPSA) is 70.3 Å². The van der Waals surface area contributed by atoms with Crippen molar-refractivity contribution in [3.8, 4) is 17.6 Å². The average molecular weight is 285 g/mol. The van der Waals surface area contributed by atoms with E-state index < -0.39 is 5.97 Å². The molecule has 0 aliphatic carbocycles. The quantitative estimate of drug-likeness (QED) is 0.866. The molecule has 4 nitrogen and oxygen atoms in total. The van der Waals surface area contributed by atoms with Crippen LogP contribution in [0.5, 0.6) is 11.5 Å². The Morgan fingerprint density at radius 2 is 1.95 bits per heavy atom. The van der Waals surface area contributed by atoms with Crippen LogP contribution in [0.25, 0.3) is 0 Å². The number of hydrogen-bond donors (Lipinski definition) is 1. The summed E-state index contributed by atoms with van der Waals surface area (Å²) in [6, 6.07) is 13.6. The number of ether oxygens (including phenoxy) is 1. The van der Waals surface area contributed by atoms with Gasteiger partial charge in [-0.2, -0.15) is 5.26 Å². The average Bonchev–Trinajstić information content (AvgIpc) is 2.47. The van der Waals surface area contributed by atoms with Gasteiger partial charge in [0.1, 0.15) is 23.1 Å². The number of hydrogen-bond acceptors (Lipinski definition) is 4. The molecule has 0 unspecified atom stereocenters. The van der Waals surface area contributed by atoms with Gasteiger partial charge in [-0.3, -0.25) is 0 Å². The lowest BCUT2D eigenvalue weighted by atomic mass is 10.2. The molecule has 0 radical (unpaired) electrons. The zero-order valence-corrected chi connectivity index (χ0v) is 11.5. The maximum Gasteiger partial charge on any atom is 0.335 e. The van der Waals surface area contributed by atoms with Crippen molar-refractivity contribution in [3.05, 3.63) is 53.6 Å². The Balaban J connectivity index is 2.30. The van der Waals surface area contributed by atoms with Gasteiger partial charge in [-0.05, 0) is 42.7 Å². The summed E-state index contributed by atoms with van der Waals surface area (Å²) in [5, 5.41) is 18.0. The van der Waals surface area contributed by atoms with Crippen molar-refractivity contribution in [3.63, 3.8) is 0 Å². The molecule has 2 aromatic rings. The van der Waals surface area contributed by atoms with Gasteiger partial charge in [-0.25, -0.2) is 4.79 Å². The third kappa shape index (κ3) is 2.92. The van der Waals surface area contributed by atoms with Gasteiger partial charge < -0.3 is 9.84 Å².